The summed E-state index contributed by atoms with van der Waals surface area (Å²) in [5, 5.41) is 3.05. The molecule has 0 radical (unpaired) electrons. The maximum absolute atomic E-state index is 13.1. The van der Waals surface area contributed by atoms with E-state index in [4.69, 9.17) is 21.2 Å². The number of aliphatic imine (C=N–C) groups is 2. The minimum atomic E-state index is -0.571. The molecule has 4 rings (SSSR count). The van der Waals surface area contributed by atoms with Gasteiger partial charge in [-0.3, -0.25) is 14.6 Å². The van der Waals surface area contributed by atoms with Crippen LogP contribution in [0.2, 0.25) is 0 Å². The monoisotopic (exact) mass is 413 g/mol. The predicted octanol–water partition coefficient (Wildman–Crippen LogP) is 0.858. The summed E-state index contributed by atoms with van der Waals surface area (Å²) < 4.78 is 5.37. The van der Waals surface area contributed by atoms with Crippen molar-refractivity contribution in [1.82, 2.24) is 10.2 Å². The Kier molecular flexibility index (Phi) is 6.19. The second kappa shape index (κ2) is 9.01. The van der Waals surface area contributed by atoms with Crippen molar-refractivity contribution in [2.75, 3.05) is 44.3 Å². The molecule has 2 fully saturated rings. The van der Waals surface area contributed by atoms with Crippen LogP contribution >= 0.6 is 0 Å². The molecule has 1 aromatic carbocycles. The summed E-state index contributed by atoms with van der Waals surface area (Å²) in [6.07, 6.45) is 4.89. The van der Waals surface area contributed by atoms with Gasteiger partial charge in [0.2, 0.25) is 11.9 Å². The summed E-state index contributed by atoms with van der Waals surface area (Å²) in [6, 6.07) is 7.51. The first-order valence-corrected chi connectivity index (χ1v) is 10.8. The molecule has 1 aliphatic carbocycles. The van der Waals surface area contributed by atoms with Crippen LogP contribution in [0.15, 0.2) is 34.3 Å². The Morgan fingerprint density at radius 1 is 1.13 bits per heavy atom. The topological polar surface area (TPSA) is 122 Å². The molecule has 1 aromatic rings. The highest BCUT2D eigenvalue weighted by atomic mass is 16.5. The lowest BCUT2D eigenvalue weighted by atomic mass is 9.87. The van der Waals surface area contributed by atoms with Crippen LogP contribution in [-0.4, -0.2) is 67.8 Å². The van der Waals surface area contributed by atoms with Crippen LogP contribution in [0.4, 0.5) is 5.69 Å². The number of benzene rings is 1. The van der Waals surface area contributed by atoms with Crippen molar-refractivity contribution in [3.05, 3.63) is 29.8 Å². The lowest BCUT2D eigenvalue weighted by molar-refractivity contribution is 0.0383. The fraction of sp³-hybridized carbons (Fsp3) is 0.571. The van der Waals surface area contributed by atoms with E-state index >= 15 is 0 Å². The number of guanidine groups is 2. The fourth-order valence-corrected chi connectivity index (χ4v) is 4.58. The summed E-state index contributed by atoms with van der Waals surface area (Å²) >= 11 is 0. The molecule has 9 nitrogen and oxygen atoms in total. The highest BCUT2D eigenvalue weighted by Gasteiger charge is 2.43. The van der Waals surface area contributed by atoms with Gasteiger partial charge in [-0.05, 0) is 37.8 Å². The number of hydrogen-bond acceptors (Lipinski definition) is 8. The molecule has 1 saturated carbocycles. The van der Waals surface area contributed by atoms with Crippen LogP contribution in [0.25, 0.3) is 0 Å². The van der Waals surface area contributed by atoms with Crippen molar-refractivity contribution < 1.29 is 9.53 Å². The lowest BCUT2D eigenvalue weighted by Crippen LogP contribution is -2.58. The average molecular weight is 414 g/mol. The van der Waals surface area contributed by atoms with Gasteiger partial charge in [0.25, 0.3) is 5.91 Å². The molecule has 0 unspecified atom stereocenters. The number of nitrogens with zero attached hydrogens (tertiary/aromatic N) is 4. The third-order valence-corrected chi connectivity index (χ3v) is 6.06. The molecule has 3 aliphatic rings. The number of nitrogens with two attached hydrogens (primary N) is 2. The van der Waals surface area contributed by atoms with Crippen LogP contribution in [0.3, 0.4) is 0 Å². The van der Waals surface area contributed by atoms with Gasteiger partial charge < -0.3 is 21.5 Å². The van der Waals surface area contributed by atoms with E-state index in [1.165, 1.54) is 0 Å². The van der Waals surface area contributed by atoms with Gasteiger partial charge >= 0.3 is 0 Å². The van der Waals surface area contributed by atoms with E-state index < -0.39 is 5.66 Å². The summed E-state index contributed by atoms with van der Waals surface area (Å²) in [7, 11) is 0. The minimum Gasteiger partial charge on any atom is -0.379 e. The first-order valence-electron chi connectivity index (χ1n) is 10.8. The molecule has 9 heteroatoms. The van der Waals surface area contributed by atoms with Gasteiger partial charge in [0.15, 0.2) is 0 Å². The number of carbonyl (C=O) groups is 1. The zero-order valence-corrected chi connectivity index (χ0v) is 17.3. The number of rotatable bonds is 5. The Hall–Kier alpha value is -2.65. The van der Waals surface area contributed by atoms with E-state index in [1.807, 2.05) is 29.2 Å². The molecular weight excluding hydrogens is 382 g/mol. The fourth-order valence-electron chi connectivity index (χ4n) is 4.58. The number of anilines is 1. The highest BCUT2D eigenvalue weighted by molar-refractivity contribution is 6.10. The van der Waals surface area contributed by atoms with E-state index in [1.54, 1.807) is 0 Å². The molecule has 0 aromatic heterocycles. The third-order valence-electron chi connectivity index (χ3n) is 6.06. The van der Waals surface area contributed by atoms with Gasteiger partial charge in [0, 0.05) is 26.2 Å². The maximum atomic E-state index is 13.1. The molecule has 1 saturated heterocycles. The minimum absolute atomic E-state index is 0.125. The highest BCUT2D eigenvalue weighted by Crippen LogP contribution is 2.40. The number of morpholine rings is 1. The van der Waals surface area contributed by atoms with E-state index in [2.05, 4.69) is 15.2 Å². The zero-order valence-electron chi connectivity index (χ0n) is 17.3. The largest absolute Gasteiger partial charge is 0.379 e. The smallest absolute Gasteiger partial charge is 0.253 e. The number of ether oxygens (including phenoxy) is 1. The molecule has 2 aliphatic heterocycles. The number of amides is 1. The van der Waals surface area contributed by atoms with Crippen molar-refractivity contribution in [2.45, 2.75) is 37.8 Å². The van der Waals surface area contributed by atoms with Crippen molar-refractivity contribution in [3.8, 4) is 0 Å². The van der Waals surface area contributed by atoms with Crippen LogP contribution in [0.1, 0.15) is 42.5 Å². The summed E-state index contributed by atoms with van der Waals surface area (Å²) in [5.41, 5.74) is 13.0. The van der Waals surface area contributed by atoms with Crippen molar-refractivity contribution in [1.29, 1.82) is 0 Å². The quantitative estimate of drug-likeness (QED) is 0.658. The Bertz CT molecular complexity index is 826. The molecule has 0 bridgehead atoms. The summed E-state index contributed by atoms with van der Waals surface area (Å²) in [4.78, 5) is 26.2. The molecule has 2 heterocycles. The Balaban J connectivity index is 1.54. The maximum Gasteiger partial charge on any atom is 0.253 e. The zero-order chi connectivity index (χ0) is 21.0. The molecular formula is C21H31N7O2. The molecule has 0 atom stereocenters. The van der Waals surface area contributed by atoms with Gasteiger partial charge in [-0.1, -0.05) is 18.6 Å². The van der Waals surface area contributed by atoms with E-state index in [0.29, 0.717) is 12.1 Å². The van der Waals surface area contributed by atoms with Gasteiger partial charge in [0.1, 0.15) is 5.66 Å². The van der Waals surface area contributed by atoms with Crippen LogP contribution in [0.5, 0.6) is 0 Å². The van der Waals surface area contributed by atoms with E-state index in [9.17, 15) is 4.79 Å². The molecule has 1 spiro atoms. The normalized spacial score (nSPS) is 21.8. The van der Waals surface area contributed by atoms with Crippen molar-refractivity contribution in [2.24, 2.45) is 21.5 Å². The summed E-state index contributed by atoms with van der Waals surface area (Å²) in [5.74, 6) is 0.371. The number of para-hydroxylation sites is 1. The number of carbonyl (C=O) groups excluding carboxylic acids is 1. The van der Waals surface area contributed by atoms with Crippen LogP contribution in [-0.2, 0) is 4.74 Å². The molecule has 162 valence electrons. The van der Waals surface area contributed by atoms with E-state index in [-0.39, 0.29) is 17.8 Å². The Labute approximate surface area is 177 Å². The first kappa shape index (κ1) is 20.6. The molecule has 30 heavy (non-hydrogen) atoms. The third kappa shape index (κ3) is 4.27. The second-order valence-corrected chi connectivity index (χ2v) is 8.05. The van der Waals surface area contributed by atoms with Crippen LogP contribution < -0.4 is 21.7 Å². The van der Waals surface area contributed by atoms with Gasteiger partial charge in [-0.25, -0.2) is 4.99 Å². The predicted molar refractivity (Wildman–Crippen MR) is 118 cm³/mol. The SMILES string of the molecule is NC1=NC2(CCCCC2)N(c2ccccc2C(=O)NCCN2CCOCC2)C(N)=N1. The number of nitrogens with one attached hydrogen (secondary N) is 1. The average Bonchev–Trinajstić information content (AvgIpc) is 2.75. The molecule has 1 amide bonds. The van der Waals surface area contributed by atoms with Crippen molar-refractivity contribution in [3.63, 3.8) is 0 Å². The Morgan fingerprint density at radius 2 is 1.87 bits per heavy atom. The standard InChI is InChI=1S/C21H31N7O2/c22-19-25-20(23)28(21(26-19)8-4-1-5-9-21)17-7-3-2-6-16(17)18(29)24-10-11-27-12-14-30-15-13-27/h2-3,6-7H,1,4-5,8-15H2,(H,24,29)(H4,22,23,25,26). The van der Waals surface area contributed by atoms with Gasteiger partial charge in [0.05, 0.1) is 24.5 Å². The first-order chi connectivity index (χ1) is 14.6. The van der Waals surface area contributed by atoms with Gasteiger partial charge in [-0.15, -0.1) is 0 Å². The van der Waals surface area contributed by atoms with Crippen molar-refractivity contribution >= 4 is 23.5 Å². The molecule has 5 N–H and O–H groups in total. The Morgan fingerprint density at radius 3 is 2.63 bits per heavy atom. The van der Waals surface area contributed by atoms with Crippen LogP contribution in [0, 0.1) is 0 Å². The summed E-state index contributed by atoms with van der Waals surface area (Å²) in [6.45, 7) is 4.67. The second-order valence-electron chi connectivity index (χ2n) is 8.05. The lowest BCUT2D eigenvalue weighted by Gasteiger charge is -2.46. The van der Waals surface area contributed by atoms with Gasteiger partial charge in [-0.2, -0.15) is 4.99 Å². The van der Waals surface area contributed by atoms with E-state index in [0.717, 1.165) is 70.6 Å². The number of hydrogen-bond donors (Lipinski definition) is 3.